The van der Waals surface area contributed by atoms with E-state index in [0.717, 1.165) is 0 Å². The monoisotopic (exact) mass is 231 g/mol. The molecular formula is C8H9NO7. The van der Waals surface area contributed by atoms with Gasteiger partial charge in [-0.15, -0.1) is 5.06 Å². The van der Waals surface area contributed by atoms with E-state index in [4.69, 9.17) is 5.11 Å². The van der Waals surface area contributed by atoms with Crippen molar-refractivity contribution in [1.29, 1.82) is 0 Å². The number of imide groups is 1. The van der Waals surface area contributed by atoms with Gasteiger partial charge in [0.25, 0.3) is 11.8 Å². The quantitative estimate of drug-likeness (QED) is 0.344. The normalized spacial score (nSPS) is 15.2. The molecule has 8 heteroatoms. The molecule has 0 atom stereocenters. The fourth-order valence-electron chi connectivity index (χ4n) is 0.975. The van der Waals surface area contributed by atoms with E-state index in [2.05, 4.69) is 9.57 Å². The molecule has 1 fully saturated rings. The molecule has 8 nitrogen and oxygen atoms in total. The Bertz CT molecular complexity index is 321. The molecule has 1 heterocycles. The summed E-state index contributed by atoms with van der Waals surface area (Å²) in [5.74, 6) is -4.22. The summed E-state index contributed by atoms with van der Waals surface area (Å²) < 4.78 is 4.22. The zero-order valence-corrected chi connectivity index (χ0v) is 8.17. The van der Waals surface area contributed by atoms with Gasteiger partial charge in [-0.1, -0.05) is 0 Å². The number of rotatable bonds is 3. The van der Waals surface area contributed by atoms with Crippen LogP contribution in [-0.4, -0.2) is 47.1 Å². The number of aliphatic hydroxyl groups excluding tert-OH is 1. The fraction of sp³-hybridized carbons (Fsp3) is 0.500. The second-order valence-corrected chi connectivity index (χ2v) is 2.82. The zero-order chi connectivity index (χ0) is 12.1. The van der Waals surface area contributed by atoms with Crippen molar-refractivity contribution in [2.24, 2.45) is 0 Å². The first-order valence-electron chi connectivity index (χ1n) is 4.42. The van der Waals surface area contributed by atoms with Gasteiger partial charge in [-0.2, -0.15) is 0 Å². The van der Waals surface area contributed by atoms with Gasteiger partial charge in [0, 0.05) is 12.8 Å². The molecule has 0 aromatic carbocycles. The van der Waals surface area contributed by atoms with Crippen molar-refractivity contribution in [3.63, 3.8) is 0 Å². The predicted molar refractivity (Wildman–Crippen MR) is 45.2 cm³/mol. The van der Waals surface area contributed by atoms with Crippen LogP contribution in [0.3, 0.4) is 0 Å². The van der Waals surface area contributed by atoms with Crippen LogP contribution < -0.4 is 0 Å². The SMILES string of the molecule is O=C(OCCO)C(=O)ON1C(=O)CCC1=O. The number of hydrogen-bond donors (Lipinski definition) is 1. The Morgan fingerprint density at radius 3 is 2.25 bits per heavy atom. The highest BCUT2D eigenvalue weighted by molar-refractivity contribution is 6.30. The van der Waals surface area contributed by atoms with Crippen molar-refractivity contribution in [2.75, 3.05) is 13.2 Å². The zero-order valence-electron chi connectivity index (χ0n) is 8.17. The summed E-state index contributed by atoms with van der Waals surface area (Å²) in [4.78, 5) is 48.0. The minimum absolute atomic E-state index is 0.0577. The first-order valence-corrected chi connectivity index (χ1v) is 4.42. The van der Waals surface area contributed by atoms with E-state index in [1.54, 1.807) is 0 Å². The maximum absolute atomic E-state index is 11.0. The predicted octanol–water partition coefficient (Wildman–Crippen LogP) is -1.87. The summed E-state index contributed by atoms with van der Waals surface area (Å²) >= 11 is 0. The summed E-state index contributed by atoms with van der Waals surface area (Å²) in [5.41, 5.74) is 0. The van der Waals surface area contributed by atoms with Crippen LogP contribution in [-0.2, 0) is 28.8 Å². The molecule has 1 aliphatic rings. The lowest BCUT2D eigenvalue weighted by Crippen LogP contribution is -2.35. The van der Waals surface area contributed by atoms with Crippen molar-refractivity contribution in [2.45, 2.75) is 12.8 Å². The van der Waals surface area contributed by atoms with E-state index >= 15 is 0 Å². The third-order valence-corrected chi connectivity index (χ3v) is 1.67. The van der Waals surface area contributed by atoms with Crippen LogP contribution in [0.15, 0.2) is 0 Å². The number of amides is 2. The lowest BCUT2D eigenvalue weighted by atomic mass is 10.4. The topological polar surface area (TPSA) is 110 Å². The van der Waals surface area contributed by atoms with Crippen LogP contribution in [0.5, 0.6) is 0 Å². The Hall–Kier alpha value is -1.96. The van der Waals surface area contributed by atoms with Crippen LogP contribution >= 0.6 is 0 Å². The van der Waals surface area contributed by atoms with Crippen LogP contribution in [0.4, 0.5) is 0 Å². The Morgan fingerprint density at radius 2 is 1.75 bits per heavy atom. The van der Waals surface area contributed by atoms with E-state index in [0.29, 0.717) is 0 Å². The van der Waals surface area contributed by atoms with Crippen LogP contribution in [0.1, 0.15) is 12.8 Å². The van der Waals surface area contributed by atoms with Gasteiger partial charge in [-0.25, -0.2) is 9.59 Å². The van der Waals surface area contributed by atoms with Crippen molar-refractivity contribution >= 4 is 23.8 Å². The van der Waals surface area contributed by atoms with Gasteiger partial charge < -0.3 is 14.7 Å². The number of hydrogen-bond acceptors (Lipinski definition) is 7. The molecule has 1 N–H and O–H groups in total. The molecule has 0 bridgehead atoms. The van der Waals surface area contributed by atoms with Gasteiger partial charge in [0.05, 0.1) is 6.61 Å². The van der Waals surface area contributed by atoms with Gasteiger partial charge in [0.15, 0.2) is 0 Å². The highest BCUT2D eigenvalue weighted by Gasteiger charge is 2.34. The number of carbonyl (C=O) groups excluding carboxylic acids is 4. The highest BCUT2D eigenvalue weighted by atomic mass is 16.7. The summed E-state index contributed by atoms with van der Waals surface area (Å²) in [6.07, 6.45) is -0.115. The largest absolute Gasteiger partial charge is 0.455 e. The molecule has 1 aliphatic heterocycles. The molecule has 1 rings (SSSR count). The summed E-state index contributed by atoms with van der Waals surface area (Å²) in [5, 5.41) is 8.56. The van der Waals surface area contributed by atoms with Crippen molar-refractivity contribution in [1.82, 2.24) is 5.06 Å². The number of hydroxylamine groups is 2. The first-order chi connectivity index (χ1) is 7.56. The molecular weight excluding hydrogens is 222 g/mol. The molecule has 0 aromatic rings. The number of nitrogens with zero attached hydrogens (tertiary/aromatic N) is 1. The molecule has 0 unspecified atom stereocenters. The molecule has 16 heavy (non-hydrogen) atoms. The number of esters is 1. The summed E-state index contributed by atoms with van der Waals surface area (Å²) in [6.45, 7) is -0.809. The molecule has 0 spiro atoms. The lowest BCUT2D eigenvalue weighted by molar-refractivity contribution is -0.202. The van der Waals surface area contributed by atoms with E-state index < -0.39 is 30.4 Å². The molecule has 0 aliphatic carbocycles. The Morgan fingerprint density at radius 1 is 1.19 bits per heavy atom. The smallest absolute Gasteiger partial charge is 0.442 e. The number of aliphatic hydroxyl groups is 1. The molecule has 0 radical (unpaired) electrons. The van der Waals surface area contributed by atoms with Gasteiger partial charge in [-0.3, -0.25) is 9.59 Å². The van der Waals surface area contributed by atoms with Gasteiger partial charge in [0.2, 0.25) is 0 Å². The number of ether oxygens (including phenoxy) is 1. The average molecular weight is 231 g/mol. The van der Waals surface area contributed by atoms with E-state index in [-0.39, 0.29) is 24.5 Å². The second-order valence-electron chi connectivity index (χ2n) is 2.82. The molecule has 2 amide bonds. The van der Waals surface area contributed by atoms with Crippen LogP contribution in [0.2, 0.25) is 0 Å². The summed E-state index contributed by atoms with van der Waals surface area (Å²) in [7, 11) is 0. The minimum Gasteiger partial charge on any atom is -0.455 e. The van der Waals surface area contributed by atoms with Crippen molar-refractivity contribution < 1.29 is 33.9 Å². The van der Waals surface area contributed by atoms with Crippen molar-refractivity contribution in [3.8, 4) is 0 Å². The standard InChI is InChI=1S/C8H9NO7/c10-3-4-15-7(13)8(14)16-9-5(11)1-2-6(9)12/h10H,1-4H2. The average Bonchev–Trinajstić information content (AvgIpc) is 2.57. The van der Waals surface area contributed by atoms with E-state index in [9.17, 15) is 19.2 Å². The maximum atomic E-state index is 11.0. The van der Waals surface area contributed by atoms with E-state index in [1.165, 1.54) is 0 Å². The van der Waals surface area contributed by atoms with Crippen molar-refractivity contribution in [3.05, 3.63) is 0 Å². The Labute approximate surface area is 89.7 Å². The van der Waals surface area contributed by atoms with Gasteiger partial charge in [0.1, 0.15) is 6.61 Å². The third kappa shape index (κ3) is 2.76. The lowest BCUT2D eigenvalue weighted by Gasteiger charge is -2.11. The highest BCUT2D eigenvalue weighted by Crippen LogP contribution is 2.12. The van der Waals surface area contributed by atoms with E-state index in [1.807, 2.05) is 0 Å². The second kappa shape index (κ2) is 5.21. The number of carbonyl (C=O) groups is 4. The molecule has 0 aromatic heterocycles. The van der Waals surface area contributed by atoms with Gasteiger partial charge in [-0.05, 0) is 0 Å². The Kier molecular flexibility index (Phi) is 3.95. The fourth-order valence-corrected chi connectivity index (χ4v) is 0.975. The maximum Gasteiger partial charge on any atom is 0.442 e. The molecule has 88 valence electrons. The third-order valence-electron chi connectivity index (χ3n) is 1.67. The van der Waals surface area contributed by atoms with Crippen LogP contribution in [0.25, 0.3) is 0 Å². The minimum atomic E-state index is -1.47. The summed E-state index contributed by atoms with van der Waals surface area (Å²) in [6, 6.07) is 0. The van der Waals surface area contributed by atoms with Crippen LogP contribution in [0, 0.1) is 0 Å². The first kappa shape index (κ1) is 12.1. The van der Waals surface area contributed by atoms with Gasteiger partial charge >= 0.3 is 11.9 Å². The molecule has 1 saturated heterocycles. The Balaban J connectivity index is 2.47. The molecule has 0 saturated carbocycles.